The highest BCUT2D eigenvalue weighted by Crippen LogP contribution is 2.17. The zero-order valence-corrected chi connectivity index (χ0v) is 19.4. The highest BCUT2D eigenvalue weighted by atomic mass is 16.2. The number of likely N-dealkylation sites (tertiary alicyclic amines) is 1. The summed E-state index contributed by atoms with van der Waals surface area (Å²) >= 11 is 0. The maximum Gasteiger partial charge on any atom is 0.253 e. The van der Waals surface area contributed by atoms with Crippen LogP contribution in [0.25, 0.3) is 0 Å². The van der Waals surface area contributed by atoms with Gasteiger partial charge in [0.15, 0.2) is 0 Å². The first-order chi connectivity index (χ1) is 15.4. The molecule has 2 aliphatic rings. The molecule has 8 heteroatoms. The molecule has 32 heavy (non-hydrogen) atoms. The molecule has 2 saturated heterocycles. The number of rotatable bonds is 8. The van der Waals surface area contributed by atoms with E-state index < -0.39 is 0 Å². The van der Waals surface area contributed by atoms with Gasteiger partial charge in [-0.2, -0.15) is 0 Å². The Hall–Kier alpha value is -2.45. The first-order valence-electron chi connectivity index (χ1n) is 11.8. The molecule has 0 aliphatic carbocycles. The van der Waals surface area contributed by atoms with Crippen molar-refractivity contribution < 1.29 is 14.4 Å². The lowest BCUT2D eigenvalue weighted by Crippen LogP contribution is -2.48. The summed E-state index contributed by atoms with van der Waals surface area (Å²) in [5, 5.41) is 5.98. The number of hydrogen-bond donors (Lipinski definition) is 2. The van der Waals surface area contributed by atoms with Crippen LogP contribution < -0.4 is 10.6 Å². The summed E-state index contributed by atoms with van der Waals surface area (Å²) in [6, 6.07) is 7.49. The van der Waals surface area contributed by atoms with Gasteiger partial charge in [0.1, 0.15) is 0 Å². The number of carbonyl (C=O) groups is 3. The van der Waals surface area contributed by atoms with E-state index in [9.17, 15) is 14.4 Å². The van der Waals surface area contributed by atoms with Gasteiger partial charge in [0.05, 0.1) is 0 Å². The van der Waals surface area contributed by atoms with Crippen LogP contribution in [-0.4, -0.2) is 90.8 Å². The van der Waals surface area contributed by atoms with Crippen molar-refractivity contribution in [2.75, 3.05) is 57.7 Å². The maximum absolute atomic E-state index is 13.3. The fourth-order valence-corrected chi connectivity index (χ4v) is 4.44. The molecular weight excluding hydrogens is 406 g/mol. The summed E-state index contributed by atoms with van der Waals surface area (Å²) in [4.78, 5) is 43.4. The fraction of sp³-hybridized carbons (Fsp3) is 0.625. The van der Waals surface area contributed by atoms with Crippen molar-refractivity contribution in [3.05, 3.63) is 29.8 Å². The number of amides is 3. The highest BCUT2D eigenvalue weighted by Gasteiger charge is 2.23. The Morgan fingerprint density at radius 3 is 2.44 bits per heavy atom. The highest BCUT2D eigenvalue weighted by molar-refractivity contribution is 5.95. The van der Waals surface area contributed by atoms with Gasteiger partial charge in [-0.25, -0.2) is 0 Å². The third-order valence-electron chi connectivity index (χ3n) is 6.40. The fourth-order valence-electron chi connectivity index (χ4n) is 4.44. The van der Waals surface area contributed by atoms with Crippen LogP contribution in [-0.2, 0) is 9.59 Å². The van der Waals surface area contributed by atoms with E-state index in [1.165, 1.54) is 26.2 Å². The van der Waals surface area contributed by atoms with Crippen molar-refractivity contribution in [1.29, 1.82) is 0 Å². The Bertz CT molecular complexity index is 776. The Kier molecular flexibility index (Phi) is 9.05. The van der Waals surface area contributed by atoms with Crippen molar-refractivity contribution >= 4 is 23.4 Å². The van der Waals surface area contributed by atoms with Crippen molar-refractivity contribution in [2.45, 2.75) is 45.6 Å². The van der Waals surface area contributed by atoms with E-state index >= 15 is 0 Å². The molecule has 1 aromatic carbocycles. The zero-order valence-electron chi connectivity index (χ0n) is 19.4. The van der Waals surface area contributed by atoms with E-state index in [-0.39, 0.29) is 17.7 Å². The summed E-state index contributed by atoms with van der Waals surface area (Å²) in [6.45, 7) is 9.70. The summed E-state index contributed by atoms with van der Waals surface area (Å²) < 4.78 is 0. The Morgan fingerprint density at radius 1 is 1.06 bits per heavy atom. The molecule has 1 atom stereocenters. The largest absolute Gasteiger partial charge is 0.340 e. The normalized spacial score (nSPS) is 19.4. The van der Waals surface area contributed by atoms with E-state index in [1.54, 1.807) is 24.3 Å². The third kappa shape index (κ3) is 7.03. The molecule has 176 valence electrons. The minimum absolute atomic E-state index is 0.0721. The van der Waals surface area contributed by atoms with Crippen LogP contribution in [0.15, 0.2) is 24.3 Å². The van der Waals surface area contributed by atoms with Gasteiger partial charge in [-0.3, -0.25) is 19.3 Å². The lowest BCUT2D eigenvalue weighted by molar-refractivity contribution is -0.132. The van der Waals surface area contributed by atoms with Crippen LogP contribution in [0.5, 0.6) is 0 Å². The van der Waals surface area contributed by atoms with Gasteiger partial charge >= 0.3 is 0 Å². The lowest BCUT2D eigenvalue weighted by Gasteiger charge is -2.35. The molecule has 2 N–H and O–H groups in total. The van der Waals surface area contributed by atoms with Crippen LogP contribution in [0.1, 0.15) is 49.9 Å². The van der Waals surface area contributed by atoms with Crippen LogP contribution in [0, 0.1) is 0 Å². The van der Waals surface area contributed by atoms with E-state index in [1.807, 2.05) is 9.80 Å². The number of benzene rings is 1. The zero-order chi connectivity index (χ0) is 22.9. The average Bonchev–Trinajstić information content (AvgIpc) is 2.80. The molecule has 0 spiro atoms. The second-order valence-electron chi connectivity index (χ2n) is 8.81. The Balaban J connectivity index is 1.64. The molecule has 2 heterocycles. The SMILES string of the molecule is CC(=O)Nc1ccc(C(=O)N(CCC(=O)N2CCNCC2)CCN2CCCCC2C)cc1. The second-order valence-corrected chi connectivity index (χ2v) is 8.81. The van der Waals surface area contributed by atoms with Gasteiger partial charge in [0, 0.05) is 76.5 Å². The van der Waals surface area contributed by atoms with E-state index in [2.05, 4.69) is 22.5 Å². The molecule has 3 amide bonds. The molecule has 1 unspecified atom stereocenters. The molecule has 1 aromatic rings. The average molecular weight is 444 g/mol. The molecule has 0 aromatic heterocycles. The topological polar surface area (TPSA) is 85.0 Å². The summed E-state index contributed by atoms with van der Waals surface area (Å²) in [6.07, 6.45) is 4.00. The third-order valence-corrected chi connectivity index (χ3v) is 6.40. The number of nitrogens with zero attached hydrogens (tertiary/aromatic N) is 3. The van der Waals surface area contributed by atoms with Gasteiger partial charge in [0.2, 0.25) is 11.8 Å². The molecule has 2 fully saturated rings. The number of hydrogen-bond acceptors (Lipinski definition) is 5. The van der Waals surface area contributed by atoms with E-state index in [0.29, 0.717) is 36.8 Å². The number of piperidine rings is 1. The van der Waals surface area contributed by atoms with Crippen LogP contribution in [0.3, 0.4) is 0 Å². The Labute approximate surface area is 191 Å². The predicted molar refractivity (Wildman–Crippen MR) is 126 cm³/mol. The van der Waals surface area contributed by atoms with Crippen LogP contribution >= 0.6 is 0 Å². The van der Waals surface area contributed by atoms with E-state index in [4.69, 9.17) is 0 Å². The van der Waals surface area contributed by atoms with Gasteiger partial charge < -0.3 is 20.4 Å². The van der Waals surface area contributed by atoms with Gasteiger partial charge in [-0.15, -0.1) is 0 Å². The molecule has 2 aliphatic heterocycles. The molecule has 3 rings (SSSR count). The predicted octanol–water partition coefficient (Wildman–Crippen LogP) is 1.78. The first kappa shape index (κ1) is 24.2. The summed E-state index contributed by atoms with van der Waals surface area (Å²) in [5.41, 5.74) is 1.23. The van der Waals surface area contributed by atoms with Crippen molar-refractivity contribution in [3.63, 3.8) is 0 Å². The summed E-state index contributed by atoms with van der Waals surface area (Å²) in [7, 11) is 0. The number of anilines is 1. The minimum Gasteiger partial charge on any atom is -0.340 e. The summed E-state index contributed by atoms with van der Waals surface area (Å²) in [5.74, 6) is -0.110. The van der Waals surface area contributed by atoms with Gasteiger partial charge in [-0.05, 0) is 50.6 Å². The second kappa shape index (κ2) is 12.0. The Morgan fingerprint density at radius 2 is 1.78 bits per heavy atom. The van der Waals surface area contributed by atoms with Crippen molar-refractivity contribution in [1.82, 2.24) is 20.0 Å². The van der Waals surface area contributed by atoms with Crippen molar-refractivity contribution in [2.24, 2.45) is 0 Å². The van der Waals surface area contributed by atoms with Crippen LogP contribution in [0.4, 0.5) is 5.69 Å². The molecule has 0 bridgehead atoms. The molecular formula is C24H37N5O3. The monoisotopic (exact) mass is 443 g/mol. The smallest absolute Gasteiger partial charge is 0.253 e. The van der Waals surface area contributed by atoms with Crippen molar-refractivity contribution in [3.8, 4) is 0 Å². The standard InChI is InChI=1S/C24H37N5O3/c1-19-5-3-4-13-27(19)17-18-29(14-10-23(31)28-15-11-25-12-16-28)24(32)21-6-8-22(9-7-21)26-20(2)30/h6-9,19,25H,3-5,10-18H2,1-2H3,(H,26,30). The number of piperazine rings is 1. The minimum atomic E-state index is -0.146. The molecule has 0 radical (unpaired) electrons. The molecule has 0 saturated carbocycles. The van der Waals surface area contributed by atoms with Gasteiger partial charge in [-0.1, -0.05) is 6.42 Å². The number of carbonyl (C=O) groups excluding carboxylic acids is 3. The lowest BCUT2D eigenvalue weighted by atomic mass is 10.0. The molecule has 8 nitrogen and oxygen atoms in total. The maximum atomic E-state index is 13.3. The van der Waals surface area contributed by atoms with Crippen LogP contribution in [0.2, 0.25) is 0 Å². The number of nitrogens with one attached hydrogen (secondary N) is 2. The first-order valence-corrected chi connectivity index (χ1v) is 11.8. The van der Waals surface area contributed by atoms with Gasteiger partial charge in [0.25, 0.3) is 5.91 Å². The van der Waals surface area contributed by atoms with E-state index in [0.717, 1.165) is 39.3 Å². The quantitative estimate of drug-likeness (QED) is 0.640.